The van der Waals surface area contributed by atoms with Gasteiger partial charge in [-0.2, -0.15) is 0 Å². The molecule has 0 saturated heterocycles. The van der Waals surface area contributed by atoms with Crippen molar-refractivity contribution < 1.29 is 4.84 Å². The van der Waals surface area contributed by atoms with Crippen LogP contribution in [0.3, 0.4) is 0 Å². The van der Waals surface area contributed by atoms with Gasteiger partial charge in [0.15, 0.2) is 0 Å². The Morgan fingerprint density at radius 1 is 1.86 bits per heavy atom. The molecule has 2 atom stereocenters. The van der Waals surface area contributed by atoms with Gasteiger partial charge < -0.3 is 0 Å². The minimum Gasteiger partial charge on any atom is -0.298 e. The minimum atomic E-state index is 0.0278. The second-order valence-electron chi connectivity index (χ2n) is 2.54. The van der Waals surface area contributed by atoms with Gasteiger partial charge in [0, 0.05) is 0 Å². The summed E-state index contributed by atoms with van der Waals surface area (Å²) in [5.74, 6) is 5.62. The van der Waals surface area contributed by atoms with E-state index >= 15 is 0 Å². The SMILES string of the molecule is CC1CC1(C)ON. The van der Waals surface area contributed by atoms with E-state index < -0.39 is 0 Å². The second-order valence-corrected chi connectivity index (χ2v) is 2.54. The minimum absolute atomic E-state index is 0.0278. The lowest BCUT2D eigenvalue weighted by Crippen LogP contribution is -2.15. The molecule has 0 spiro atoms. The fraction of sp³-hybridized carbons (Fsp3) is 1.00. The van der Waals surface area contributed by atoms with Crippen molar-refractivity contribution in [3.63, 3.8) is 0 Å². The van der Waals surface area contributed by atoms with Crippen molar-refractivity contribution in [3.05, 3.63) is 0 Å². The molecule has 1 aliphatic carbocycles. The molecule has 0 amide bonds. The Morgan fingerprint density at radius 2 is 2.29 bits per heavy atom. The molecule has 0 aromatic heterocycles. The topological polar surface area (TPSA) is 35.2 Å². The predicted octanol–water partition coefficient (Wildman–Crippen LogP) is 0.675. The quantitative estimate of drug-likeness (QED) is 0.493. The van der Waals surface area contributed by atoms with Crippen molar-refractivity contribution in [2.75, 3.05) is 0 Å². The zero-order chi connectivity index (χ0) is 5.49. The summed E-state index contributed by atoms with van der Waals surface area (Å²) in [4.78, 5) is 4.66. The summed E-state index contributed by atoms with van der Waals surface area (Å²) < 4.78 is 0. The van der Waals surface area contributed by atoms with Gasteiger partial charge in [0.05, 0.1) is 5.60 Å². The van der Waals surface area contributed by atoms with Crippen molar-refractivity contribution >= 4 is 0 Å². The highest BCUT2D eigenvalue weighted by atomic mass is 16.6. The van der Waals surface area contributed by atoms with Gasteiger partial charge in [0.25, 0.3) is 0 Å². The second kappa shape index (κ2) is 1.20. The average Bonchev–Trinajstić information content (AvgIpc) is 2.18. The van der Waals surface area contributed by atoms with Gasteiger partial charge in [-0.1, -0.05) is 6.92 Å². The molecule has 1 saturated carbocycles. The summed E-state index contributed by atoms with van der Waals surface area (Å²) in [6, 6.07) is 0. The Bertz CT molecular complexity index is 80.1. The van der Waals surface area contributed by atoms with E-state index in [0.29, 0.717) is 5.92 Å². The summed E-state index contributed by atoms with van der Waals surface area (Å²) in [6.45, 7) is 4.16. The molecule has 2 heteroatoms. The van der Waals surface area contributed by atoms with Crippen LogP contribution in [0.4, 0.5) is 0 Å². The van der Waals surface area contributed by atoms with Gasteiger partial charge in [-0.05, 0) is 19.3 Å². The zero-order valence-corrected chi connectivity index (χ0v) is 4.77. The van der Waals surface area contributed by atoms with Crippen molar-refractivity contribution in [3.8, 4) is 0 Å². The summed E-state index contributed by atoms with van der Waals surface area (Å²) in [5, 5.41) is 0. The first kappa shape index (κ1) is 5.06. The first-order valence-electron chi connectivity index (χ1n) is 2.57. The molecule has 1 rings (SSSR count). The summed E-state index contributed by atoms with van der Waals surface area (Å²) in [7, 11) is 0. The Morgan fingerprint density at radius 3 is 2.29 bits per heavy atom. The van der Waals surface area contributed by atoms with Crippen LogP contribution in [0.5, 0.6) is 0 Å². The Labute approximate surface area is 43.6 Å². The molecule has 2 nitrogen and oxygen atoms in total. The van der Waals surface area contributed by atoms with Crippen molar-refractivity contribution in [2.45, 2.75) is 25.9 Å². The molecule has 42 valence electrons. The van der Waals surface area contributed by atoms with E-state index in [0.717, 1.165) is 6.42 Å². The molecule has 1 fully saturated rings. The van der Waals surface area contributed by atoms with Gasteiger partial charge in [-0.3, -0.25) is 4.84 Å². The lowest BCUT2D eigenvalue weighted by molar-refractivity contribution is 0.0355. The molecule has 0 bridgehead atoms. The Kier molecular flexibility index (Phi) is 0.869. The van der Waals surface area contributed by atoms with E-state index in [4.69, 9.17) is 5.90 Å². The maximum atomic E-state index is 4.96. The third-order valence-electron chi connectivity index (χ3n) is 1.86. The number of hydrogen-bond acceptors (Lipinski definition) is 2. The molecule has 1 aliphatic rings. The van der Waals surface area contributed by atoms with Crippen LogP contribution in [0, 0.1) is 5.92 Å². The first-order chi connectivity index (χ1) is 3.19. The predicted molar refractivity (Wildman–Crippen MR) is 27.5 cm³/mol. The van der Waals surface area contributed by atoms with E-state index in [-0.39, 0.29) is 5.60 Å². The van der Waals surface area contributed by atoms with E-state index in [2.05, 4.69) is 11.8 Å². The zero-order valence-electron chi connectivity index (χ0n) is 4.77. The molecule has 0 aromatic rings. The molecular weight excluding hydrogens is 90.1 g/mol. The van der Waals surface area contributed by atoms with Crippen LogP contribution in [-0.2, 0) is 4.84 Å². The lowest BCUT2D eigenvalue weighted by atomic mass is 10.3. The standard InChI is InChI=1S/C5H11NO/c1-4-3-5(4,2)7-6/h4H,3,6H2,1-2H3. The molecule has 0 radical (unpaired) electrons. The van der Waals surface area contributed by atoms with Crippen LogP contribution in [-0.4, -0.2) is 5.60 Å². The molecule has 2 N–H and O–H groups in total. The number of hydrogen-bond donors (Lipinski definition) is 1. The molecule has 0 heterocycles. The Balaban J connectivity index is 2.36. The van der Waals surface area contributed by atoms with Crippen molar-refractivity contribution in [1.82, 2.24) is 0 Å². The van der Waals surface area contributed by atoms with Crippen LogP contribution >= 0.6 is 0 Å². The summed E-state index contributed by atoms with van der Waals surface area (Å²) in [5.41, 5.74) is 0.0278. The van der Waals surface area contributed by atoms with Crippen LogP contribution in [0.15, 0.2) is 0 Å². The van der Waals surface area contributed by atoms with Crippen LogP contribution < -0.4 is 5.90 Å². The van der Waals surface area contributed by atoms with Gasteiger partial charge in [-0.25, -0.2) is 5.90 Å². The number of rotatable bonds is 1. The highest BCUT2D eigenvalue weighted by Gasteiger charge is 2.47. The molecule has 0 aromatic carbocycles. The van der Waals surface area contributed by atoms with E-state index in [1.54, 1.807) is 0 Å². The average molecular weight is 101 g/mol. The largest absolute Gasteiger partial charge is 0.298 e. The van der Waals surface area contributed by atoms with Crippen LogP contribution in [0.1, 0.15) is 20.3 Å². The van der Waals surface area contributed by atoms with E-state index in [9.17, 15) is 0 Å². The summed E-state index contributed by atoms with van der Waals surface area (Å²) in [6.07, 6.45) is 1.11. The first-order valence-corrected chi connectivity index (χ1v) is 2.57. The molecule has 2 unspecified atom stereocenters. The van der Waals surface area contributed by atoms with Gasteiger partial charge >= 0.3 is 0 Å². The van der Waals surface area contributed by atoms with Gasteiger partial charge in [-0.15, -0.1) is 0 Å². The van der Waals surface area contributed by atoms with Crippen LogP contribution in [0.2, 0.25) is 0 Å². The summed E-state index contributed by atoms with van der Waals surface area (Å²) >= 11 is 0. The Hall–Kier alpha value is -0.0800. The number of nitrogens with two attached hydrogens (primary N) is 1. The van der Waals surface area contributed by atoms with Crippen LogP contribution in [0.25, 0.3) is 0 Å². The van der Waals surface area contributed by atoms with E-state index in [1.165, 1.54) is 0 Å². The molecule has 7 heavy (non-hydrogen) atoms. The highest BCUT2D eigenvalue weighted by molar-refractivity contribution is 4.97. The lowest BCUT2D eigenvalue weighted by Gasteiger charge is -2.02. The monoisotopic (exact) mass is 101 g/mol. The fourth-order valence-electron chi connectivity index (χ4n) is 0.713. The van der Waals surface area contributed by atoms with E-state index in [1.807, 2.05) is 6.92 Å². The molecule has 0 aliphatic heterocycles. The van der Waals surface area contributed by atoms with Crippen molar-refractivity contribution in [1.29, 1.82) is 0 Å². The normalized spacial score (nSPS) is 49.3. The van der Waals surface area contributed by atoms with Gasteiger partial charge in [0.1, 0.15) is 0 Å². The molecular formula is C5H11NO. The maximum Gasteiger partial charge on any atom is 0.0895 e. The van der Waals surface area contributed by atoms with Gasteiger partial charge in [0.2, 0.25) is 0 Å². The fourth-order valence-corrected chi connectivity index (χ4v) is 0.713. The smallest absolute Gasteiger partial charge is 0.0895 e. The third kappa shape index (κ3) is 0.640. The maximum absolute atomic E-state index is 4.96. The van der Waals surface area contributed by atoms with Crippen molar-refractivity contribution in [2.24, 2.45) is 11.8 Å². The third-order valence-corrected chi connectivity index (χ3v) is 1.86. The highest BCUT2D eigenvalue weighted by Crippen LogP contribution is 2.44.